The minimum atomic E-state index is -0.399. The van der Waals surface area contributed by atoms with Gasteiger partial charge in [-0.25, -0.2) is 9.18 Å². The smallest absolute Gasteiger partial charge is 0.409 e. The van der Waals surface area contributed by atoms with E-state index >= 15 is 0 Å². The number of anilines is 1. The van der Waals surface area contributed by atoms with Crippen LogP contribution in [0.2, 0.25) is 0 Å². The third kappa shape index (κ3) is 5.36. The number of ether oxygens (including phenoxy) is 1. The van der Waals surface area contributed by atoms with Gasteiger partial charge < -0.3 is 20.3 Å². The number of hydrogen-bond donors (Lipinski definition) is 2. The first-order chi connectivity index (χ1) is 15.9. The van der Waals surface area contributed by atoms with Gasteiger partial charge in [0.25, 0.3) is 11.8 Å². The summed E-state index contributed by atoms with van der Waals surface area (Å²) < 4.78 is 19.0. The fourth-order valence-corrected chi connectivity index (χ4v) is 4.65. The molecule has 2 heterocycles. The van der Waals surface area contributed by atoms with E-state index < -0.39 is 5.82 Å². The molecule has 0 bridgehead atoms. The van der Waals surface area contributed by atoms with Gasteiger partial charge >= 0.3 is 6.09 Å². The van der Waals surface area contributed by atoms with Gasteiger partial charge in [-0.15, -0.1) is 0 Å². The number of carbonyl (C=O) groups is 3. The predicted molar refractivity (Wildman–Crippen MR) is 124 cm³/mol. The summed E-state index contributed by atoms with van der Waals surface area (Å²) in [5.74, 6) is -0.983. The van der Waals surface area contributed by atoms with E-state index in [9.17, 15) is 18.8 Å². The van der Waals surface area contributed by atoms with E-state index in [4.69, 9.17) is 4.74 Å². The van der Waals surface area contributed by atoms with E-state index in [0.717, 1.165) is 4.90 Å². The summed E-state index contributed by atoms with van der Waals surface area (Å²) in [5, 5.41) is 5.79. The van der Waals surface area contributed by atoms with Gasteiger partial charge in [-0.1, -0.05) is 30.0 Å². The summed E-state index contributed by atoms with van der Waals surface area (Å²) in [7, 11) is 0. The molecule has 0 unspecified atom stereocenters. The Morgan fingerprint density at radius 3 is 2.73 bits per heavy atom. The summed E-state index contributed by atoms with van der Waals surface area (Å²) in [5.41, 5.74) is 1.31. The highest BCUT2D eigenvalue weighted by molar-refractivity contribution is 8.04. The van der Waals surface area contributed by atoms with Crippen LogP contribution in [-0.4, -0.2) is 48.5 Å². The van der Waals surface area contributed by atoms with E-state index in [0.29, 0.717) is 54.3 Å². The maximum absolute atomic E-state index is 13.9. The Kier molecular flexibility index (Phi) is 6.98. The van der Waals surface area contributed by atoms with Gasteiger partial charge in [0.15, 0.2) is 0 Å². The molecule has 2 N–H and O–H groups in total. The van der Waals surface area contributed by atoms with Crippen LogP contribution < -0.4 is 10.6 Å². The number of nitrogens with zero attached hydrogens (tertiary/aromatic N) is 1. The molecule has 0 aromatic heterocycles. The molecule has 2 aromatic carbocycles. The first-order valence-corrected chi connectivity index (χ1v) is 11.6. The molecule has 0 spiro atoms. The lowest BCUT2D eigenvalue weighted by Gasteiger charge is -2.31. The number of benzene rings is 2. The zero-order chi connectivity index (χ0) is 23.4. The number of amides is 3. The normalized spacial score (nSPS) is 17.3. The molecule has 33 heavy (non-hydrogen) atoms. The first kappa shape index (κ1) is 22.8. The topological polar surface area (TPSA) is 87.7 Å². The maximum Gasteiger partial charge on any atom is 0.409 e. The van der Waals surface area contributed by atoms with Crippen molar-refractivity contribution in [3.8, 4) is 0 Å². The Bertz CT molecular complexity index is 1110. The molecular formula is C24H24FN3O4S. The zero-order valence-corrected chi connectivity index (χ0v) is 18.9. The van der Waals surface area contributed by atoms with Crippen LogP contribution in [0.3, 0.4) is 0 Å². The summed E-state index contributed by atoms with van der Waals surface area (Å²) >= 11 is 1.23. The number of likely N-dealkylation sites (tertiary alicyclic amines) is 1. The number of fused-ring (bicyclic) bond motifs is 1. The number of piperidine rings is 1. The highest BCUT2D eigenvalue weighted by Gasteiger charge is 2.26. The Morgan fingerprint density at radius 1 is 1.24 bits per heavy atom. The molecule has 0 radical (unpaired) electrons. The van der Waals surface area contributed by atoms with Gasteiger partial charge in [0, 0.05) is 35.2 Å². The van der Waals surface area contributed by atoms with Crippen molar-refractivity contribution >= 4 is 41.4 Å². The molecule has 2 aliphatic rings. The van der Waals surface area contributed by atoms with E-state index in [1.54, 1.807) is 48.2 Å². The fraction of sp³-hybridized carbons (Fsp3) is 0.292. The van der Waals surface area contributed by atoms with Crippen molar-refractivity contribution in [2.24, 2.45) is 0 Å². The van der Waals surface area contributed by atoms with Gasteiger partial charge in [-0.2, -0.15) is 0 Å². The van der Waals surface area contributed by atoms with Gasteiger partial charge in [0.1, 0.15) is 5.82 Å². The lowest BCUT2D eigenvalue weighted by atomic mass is 10.0. The maximum atomic E-state index is 13.9. The van der Waals surface area contributed by atoms with E-state index in [1.807, 2.05) is 0 Å². The second kappa shape index (κ2) is 10.1. The molecule has 0 atom stereocenters. The minimum absolute atomic E-state index is 0.0431. The lowest BCUT2D eigenvalue weighted by Crippen LogP contribution is -2.46. The van der Waals surface area contributed by atoms with Crippen LogP contribution in [0.25, 0.3) is 6.08 Å². The van der Waals surface area contributed by atoms with E-state index in [2.05, 4.69) is 10.6 Å². The van der Waals surface area contributed by atoms with Crippen molar-refractivity contribution in [3.05, 3.63) is 64.3 Å². The molecule has 4 rings (SSSR count). The molecule has 0 aliphatic carbocycles. The summed E-state index contributed by atoms with van der Waals surface area (Å²) in [6.07, 6.45) is 2.48. The Balaban J connectivity index is 1.40. The molecule has 172 valence electrons. The minimum Gasteiger partial charge on any atom is -0.450 e. The van der Waals surface area contributed by atoms with Crippen LogP contribution in [0.4, 0.5) is 14.9 Å². The number of thioether (sulfide) groups is 1. The zero-order valence-electron chi connectivity index (χ0n) is 18.1. The van der Waals surface area contributed by atoms with E-state index in [1.165, 1.54) is 23.9 Å². The second-order valence-electron chi connectivity index (χ2n) is 7.73. The standard InChI is InChI=1S/C24H24FN3O4S/c1-2-32-24(31)28-11-9-17(10-12-28)26-22(29)16-7-8-20-19(13-16)27-23(30)21(33-20)14-15-5-3-4-6-18(15)25/h3-8,13-14,17H,2,9-12H2,1H3,(H,26,29)(H,27,30). The third-order valence-corrected chi connectivity index (χ3v) is 6.58. The molecule has 1 saturated heterocycles. The SMILES string of the molecule is CCOC(=O)N1CCC(NC(=O)c2ccc3c(c2)NC(=O)C(=Cc2ccccc2F)S3)CC1. The second-order valence-corrected chi connectivity index (χ2v) is 8.81. The molecule has 1 fully saturated rings. The highest BCUT2D eigenvalue weighted by atomic mass is 32.2. The Hall–Kier alpha value is -3.33. The molecule has 0 saturated carbocycles. The number of nitrogens with one attached hydrogen (secondary N) is 2. The number of carbonyl (C=O) groups excluding carboxylic acids is 3. The fourth-order valence-electron chi connectivity index (χ4n) is 3.72. The van der Waals surface area contributed by atoms with Crippen LogP contribution in [0.1, 0.15) is 35.7 Å². The van der Waals surface area contributed by atoms with Gasteiger partial charge in [-0.3, -0.25) is 9.59 Å². The number of rotatable bonds is 4. The van der Waals surface area contributed by atoms with Crippen LogP contribution >= 0.6 is 11.8 Å². The molecule has 2 aliphatic heterocycles. The quantitative estimate of drug-likeness (QED) is 0.654. The molecule has 9 heteroatoms. The first-order valence-electron chi connectivity index (χ1n) is 10.8. The molecule has 7 nitrogen and oxygen atoms in total. The average Bonchev–Trinajstić information content (AvgIpc) is 2.81. The molecule has 2 aromatic rings. The summed E-state index contributed by atoms with van der Waals surface area (Å²) in [6, 6.07) is 11.3. The van der Waals surface area contributed by atoms with Crippen molar-refractivity contribution in [2.45, 2.75) is 30.7 Å². The summed E-state index contributed by atoms with van der Waals surface area (Å²) in [4.78, 5) is 39.9. The van der Waals surface area contributed by atoms with Crippen LogP contribution in [0.15, 0.2) is 52.3 Å². The number of hydrogen-bond acceptors (Lipinski definition) is 5. The highest BCUT2D eigenvalue weighted by Crippen LogP contribution is 2.39. The van der Waals surface area contributed by atoms with Crippen LogP contribution in [0, 0.1) is 5.82 Å². The number of halogens is 1. The summed E-state index contributed by atoms with van der Waals surface area (Å²) in [6.45, 7) is 3.16. The Morgan fingerprint density at radius 2 is 2.00 bits per heavy atom. The van der Waals surface area contributed by atoms with Crippen molar-refractivity contribution in [1.29, 1.82) is 0 Å². The molecule has 3 amide bonds. The van der Waals surface area contributed by atoms with E-state index in [-0.39, 0.29) is 23.9 Å². The van der Waals surface area contributed by atoms with Crippen molar-refractivity contribution in [2.75, 3.05) is 25.0 Å². The Labute approximate surface area is 195 Å². The third-order valence-electron chi connectivity index (χ3n) is 5.48. The van der Waals surface area contributed by atoms with Crippen molar-refractivity contribution in [1.82, 2.24) is 10.2 Å². The predicted octanol–water partition coefficient (Wildman–Crippen LogP) is 4.26. The monoisotopic (exact) mass is 469 g/mol. The van der Waals surface area contributed by atoms with Crippen molar-refractivity contribution in [3.63, 3.8) is 0 Å². The van der Waals surface area contributed by atoms with Gasteiger partial charge in [0.05, 0.1) is 17.2 Å². The van der Waals surface area contributed by atoms with Crippen LogP contribution in [-0.2, 0) is 9.53 Å². The average molecular weight is 470 g/mol. The van der Waals surface area contributed by atoms with Gasteiger partial charge in [-0.05, 0) is 50.1 Å². The van der Waals surface area contributed by atoms with Crippen LogP contribution in [0.5, 0.6) is 0 Å². The van der Waals surface area contributed by atoms with Gasteiger partial charge in [0.2, 0.25) is 0 Å². The molecular weight excluding hydrogens is 445 g/mol. The largest absolute Gasteiger partial charge is 0.450 e. The van der Waals surface area contributed by atoms with Crippen molar-refractivity contribution < 1.29 is 23.5 Å². The lowest BCUT2D eigenvalue weighted by molar-refractivity contribution is -0.112.